The van der Waals surface area contributed by atoms with Crippen molar-refractivity contribution >= 4 is 41.5 Å². The summed E-state index contributed by atoms with van der Waals surface area (Å²) in [5, 5.41) is 9.18. The minimum atomic E-state index is -0.376. The molecule has 1 aromatic rings. The number of hydrogen-bond donors (Lipinski definition) is 3. The van der Waals surface area contributed by atoms with Crippen molar-refractivity contribution in [2.45, 2.75) is 45.1 Å². The van der Waals surface area contributed by atoms with Crippen LogP contribution in [0.4, 0.5) is 10.1 Å². The predicted molar refractivity (Wildman–Crippen MR) is 106 cm³/mol. The summed E-state index contributed by atoms with van der Waals surface area (Å²) in [6.45, 7) is 2.73. The molecule has 0 spiro atoms. The average Bonchev–Trinajstić information content (AvgIpc) is 2.54. The SMILES string of the molecule is CCNC(=NCC(=O)Nc1cccc(F)c1)NC1CCCCC1.I. The van der Waals surface area contributed by atoms with E-state index in [1.165, 1.54) is 31.4 Å². The molecule has 2 rings (SSSR count). The first-order valence-electron chi connectivity index (χ1n) is 8.27. The monoisotopic (exact) mass is 448 g/mol. The van der Waals surface area contributed by atoms with Crippen LogP contribution in [0.3, 0.4) is 0 Å². The Bertz CT molecular complexity index is 547. The first kappa shape index (κ1) is 20.7. The third-order valence-corrected chi connectivity index (χ3v) is 3.78. The van der Waals surface area contributed by atoms with E-state index in [0.717, 1.165) is 19.4 Å². The zero-order valence-corrected chi connectivity index (χ0v) is 16.3. The van der Waals surface area contributed by atoms with Gasteiger partial charge in [0.15, 0.2) is 5.96 Å². The second-order valence-corrected chi connectivity index (χ2v) is 5.73. The third-order valence-electron chi connectivity index (χ3n) is 3.78. The van der Waals surface area contributed by atoms with Crippen molar-refractivity contribution in [2.24, 2.45) is 4.99 Å². The Kier molecular flexibility index (Phi) is 9.66. The van der Waals surface area contributed by atoms with E-state index in [-0.39, 0.29) is 42.2 Å². The molecule has 1 aromatic carbocycles. The van der Waals surface area contributed by atoms with Crippen LogP contribution in [-0.2, 0) is 4.79 Å². The van der Waals surface area contributed by atoms with E-state index < -0.39 is 0 Å². The zero-order chi connectivity index (χ0) is 16.5. The van der Waals surface area contributed by atoms with E-state index in [0.29, 0.717) is 17.7 Å². The van der Waals surface area contributed by atoms with Crippen molar-refractivity contribution in [3.05, 3.63) is 30.1 Å². The number of carbonyl (C=O) groups is 1. The number of guanidine groups is 1. The van der Waals surface area contributed by atoms with E-state index in [4.69, 9.17) is 0 Å². The van der Waals surface area contributed by atoms with Gasteiger partial charge >= 0.3 is 0 Å². The standard InChI is InChI=1S/C17H25FN4O.HI/c1-2-19-17(22-14-8-4-3-5-9-14)20-12-16(23)21-15-10-6-7-13(18)11-15;/h6-7,10-11,14H,2-5,8-9,12H2,1H3,(H,21,23)(H2,19,20,22);1H. The van der Waals surface area contributed by atoms with Gasteiger partial charge in [-0.05, 0) is 38.0 Å². The molecule has 24 heavy (non-hydrogen) atoms. The van der Waals surface area contributed by atoms with Crippen molar-refractivity contribution in [3.63, 3.8) is 0 Å². The van der Waals surface area contributed by atoms with Crippen LogP contribution >= 0.6 is 24.0 Å². The molecule has 7 heteroatoms. The number of carbonyl (C=O) groups excluding carboxylic acids is 1. The lowest BCUT2D eigenvalue weighted by Crippen LogP contribution is -2.44. The van der Waals surface area contributed by atoms with Crippen LogP contribution in [0.25, 0.3) is 0 Å². The van der Waals surface area contributed by atoms with Gasteiger partial charge in [-0.1, -0.05) is 25.3 Å². The summed E-state index contributed by atoms with van der Waals surface area (Å²) in [4.78, 5) is 16.2. The minimum absolute atomic E-state index is 0. The van der Waals surface area contributed by atoms with Gasteiger partial charge in [-0.25, -0.2) is 9.38 Å². The van der Waals surface area contributed by atoms with Crippen LogP contribution in [0.1, 0.15) is 39.0 Å². The van der Waals surface area contributed by atoms with Gasteiger partial charge in [-0.2, -0.15) is 0 Å². The van der Waals surface area contributed by atoms with Crippen molar-refractivity contribution < 1.29 is 9.18 Å². The van der Waals surface area contributed by atoms with Crippen molar-refractivity contribution in [1.82, 2.24) is 10.6 Å². The lowest BCUT2D eigenvalue weighted by Gasteiger charge is -2.24. The lowest BCUT2D eigenvalue weighted by atomic mass is 9.96. The number of aliphatic imine (C=N–C) groups is 1. The Labute approximate surface area is 159 Å². The van der Waals surface area contributed by atoms with Crippen LogP contribution in [-0.4, -0.2) is 31.0 Å². The van der Waals surface area contributed by atoms with E-state index in [1.54, 1.807) is 12.1 Å². The fourth-order valence-electron chi connectivity index (χ4n) is 2.68. The first-order chi connectivity index (χ1) is 11.2. The summed E-state index contributed by atoms with van der Waals surface area (Å²) >= 11 is 0. The van der Waals surface area contributed by atoms with Crippen LogP contribution in [0, 0.1) is 5.82 Å². The molecule has 5 nitrogen and oxygen atoms in total. The van der Waals surface area contributed by atoms with Crippen LogP contribution in [0.2, 0.25) is 0 Å². The van der Waals surface area contributed by atoms with Crippen molar-refractivity contribution in [3.8, 4) is 0 Å². The molecule has 0 aliphatic heterocycles. The van der Waals surface area contributed by atoms with Gasteiger partial charge < -0.3 is 16.0 Å². The molecular weight excluding hydrogens is 422 g/mol. The molecule has 3 N–H and O–H groups in total. The second kappa shape index (κ2) is 11.2. The van der Waals surface area contributed by atoms with Crippen LogP contribution in [0.5, 0.6) is 0 Å². The minimum Gasteiger partial charge on any atom is -0.357 e. The number of nitrogens with one attached hydrogen (secondary N) is 3. The van der Waals surface area contributed by atoms with Gasteiger partial charge in [-0.15, -0.1) is 24.0 Å². The molecule has 0 radical (unpaired) electrons. The Morgan fingerprint density at radius 1 is 1.29 bits per heavy atom. The molecular formula is C17H26FIN4O. The molecule has 0 atom stereocenters. The third kappa shape index (κ3) is 7.46. The molecule has 0 saturated heterocycles. The summed E-state index contributed by atoms with van der Waals surface area (Å²) in [6.07, 6.45) is 6.04. The van der Waals surface area contributed by atoms with Crippen LogP contribution < -0.4 is 16.0 Å². The quantitative estimate of drug-likeness (QED) is 0.368. The van der Waals surface area contributed by atoms with Gasteiger partial charge in [0.1, 0.15) is 12.4 Å². The summed E-state index contributed by atoms with van der Waals surface area (Å²) < 4.78 is 13.1. The summed E-state index contributed by atoms with van der Waals surface area (Å²) in [7, 11) is 0. The number of amides is 1. The van der Waals surface area contributed by atoms with Crippen LogP contribution in [0.15, 0.2) is 29.3 Å². The maximum absolute atomic E-state index is 13.1. The maximum Gasteiger partial charge on any atom is 0.246 e. The first-order valence-corrected chi connectivity index (χ1v) is 8.27. The number of rotatable bonds is 5. The largest absolute Gasteiger partial charge is 0.357 e. The van der Waals surface area contributed by atoms with Crippen molar-refractivity contribution in [2.75, 3.05) is 18.4 Å². The number of hydrogen-bond acceptors (Lipinski definition) is 2. The van der Waals surface area contributed by atoms with Gasteiger partial charge in [0.25, 0.3) is 0 Å². The number of nitrogens with zero attached hydrogens (tertiary/aromatic N) is 1. The highest BCUT2D eigenvalue weighted by Crippen LogP contribution is 2.17. The Morgan fingerprint density at radius 2 is 2.04 bits per heavy atom. The number of halogens is 2. The predicted octanol–water partition coefficient (Wildman–Crippen LogP) is 3.27. The summed E-state index contributed by atoms with van der Waals surface area (Å²) in [5.41, 5.74) is 0.440. The Balaban J connectivity index is 0.00000288. The highest BCUT2D eigenvalue weighted by Gasteiger charge is 2.14. The Morgan fingerprint density at radius 3 is 2.71 bits per heavy atom. The summed E-state index contributed by atoms with van der Waals surface area (Å²) in [6, 6.07) is 6.25. The number of benzene rings is 1. The van der Waals surface area contributed by atoms with E-state index >= 15 is 0 Å². The molecule has 1 aliphatic rings. The van der Waals surface area contributed by atoms with Gasteiger partial charge in [0, 0.05) is 18.3 Å². The average molecular weight is 448 g/mol. The fourth-order valence-corrected chi connectivity index (χ4v) is 2.68. The van der Waals surface area contributed by atoms with Gasteiger partial charge in [0.05, 0.1) is 0 Å². The summed E-state index contributed by atoms with van der Waals surface area (Å²) in [5.74, 6) is 0.0174. The molecule has 134 valence electrons. The number of anilines is 1. The molecule has 1 aliphatic carbocycles. The molecule has 0 unspecified atom stereocenters. The zero-order valence-electron chi connectivity index (χ0n) is 14.0. The fraction of sp³-hybridized carbons (Fsp3) is 0.529. The van der Waals surface area contributed by atoms with E-state index in [2.05, 4.69) is 20.9 Å². The lowest BCUT2D eigenvalue weighted by molar-refractivity contribution is -0.114. The molecule has 1 fully saturated rings. The van der Waals surface area contributed by atoms with Crippen molar-refractivity contribution in [1.29, 1.82) is 0 Å². The smallest absolute Gasteiger partial charge is 0.246 e. The molecule has 0 bridgehead atoms. The highest BCUT2D eigenvalue weighted by atomic mass is 127. The van der Waals surface area contributed by atoms with Gasteiger partial charge in [-0.3, -0.25) is 4.79 Å². The van der Waals surface area contributed by atoms with Gasteiger partial charge in [0.2, 0.25) is 5.91 Å². The van der Waals surface area contributed by atoms with E-state index in [9.17, 15) is 9.18 Å². The normalized spacial score (nSPS) is 15.3. The highest BCUT2D eigenvalue weighted by molar-refractivity contribution is 14.0. The Hall–Kier alpha value is -1.38. The topological polar surface area (TPSA) is 65.5 Å². The van der Waals surface area contributed by atoms with E-state index in [1.807, 2.05) is 6.92 Å². The maximum atomic E-state index is 13.1. The molecule has 0 aromatic heterocycles. The molecule has 1 amide bonds. The second-order valence-electron chi connectivity index (χ2n) is 5.73. The molecule has 0 heterocycles. The molecule has 1 saturated carbocycles.